The van der Waals surface area contributed by atoms with Crippen LogP contribution in [0.25, 0.3) is 0 Å². The Kier molecular flexibility index (Phi) is 5.88. The molecule has 2 rings (SSSR count). The molecular weight excluding hydrogens is 334 g/mol. The number of carbonyl (C=O) groups is 1. The molecule has 1 heterocycles. The number of rotatable bonds is 6. The molecular formula is C17H20F2N2O2S. The van der Waals surface area contributed by atoms with Gasteiger partial charge >= 0.3 is 0 Å². The molecule has 0 aliphatic rings. The van der Waals surface area contributed by atoms with Gasteiger partial charge in [0.05, 0.1) is 16.7 Å². The largest absolute Gasteiger partial charge is 0.488 e. The zero-order valence-electron chi connectivity index (χ0n) is 14.0. The number of hydrogen-bond acceptors (Lipinski definition) is 4. The summed E-state index contributed by atoms with van der Waals surface area (Å²) in [4.78, 5) is 17.3. The highest BCUT2D eigenvalue weighted by Crippen LogP contribution is 2.24. The summed E-state index contributed by atoms with van der Waals surface area (Å²) in [5.41, 5.74) is 0.693. The van der Waals surface area contributed by atoms with Gasteiger partial charge in [-0.05, 0) is 26.0 Å². The van der Waals surface area contributed by atoms with Crippen molar-refractivity contribution in [2.24, 2.45) is 0 Å². The Morgan fingerprint density at radius 3 is 2.62 bits per heavy atom. The number of benzene rings is 1. The lowest BCUT2D eigenvalue weighted by molar-refractivity contribution is 0.0929. The summed E-state index contributed by atoms with van der Waals surface area (Å²) in [7, 11) is 0. The molecule has 1 aromatic heterocycles. The fourth-order valence-corrected chi connectivity index (χ4v) is 2.99. The van der Waals surface area contributed by atoms with E-state index >= 15 is 0 Å². The highest BCUT2D eigenvalue weighted by Gasteiger charge is 2.18. The second-order valence-corrected chi connectivity index (χ2v) is 6.91. The zero-order valence-corrected chi connectivity index (χ0v) is 14.8. The maximum absolute atomic E-state index is 13.5. The Balaban J connectivity index is 1.94. The number of halogens is 2. The second-order valence-electron chi connectivity index (χ2n) is 5.88. The van der Waals surface area contributed by atoms with Crippen molar-refractivity contribution < 1.29 is 18.3 Å². The predicted octanol–water partition coefficient (Wildman–Crippen LogP) is 4.05. The first-order valence-corrected chi connectivity index (χ1v) is 8.45. The Hall–Kier alpha value is -2.02. The lowest BCUT2D eigenvalue weighted by Gasteiger charge is -2.15. The Labute approximate surface area is 143 Å². The number of nitrogens with one attached hydrogen (secondary N) is 1. The van der Waals surface area contributed by atoms with Crippen LogP contribution < -0.4 is 10.1 Å². The summed E-state index contributed by atoms with van der Waals surface area (Å²) in [6.45, 7) is 7.66. The highest BCUT2D eigenvalue weighted by molar-refractivity contribution is 7.13. The number of amides is 1. The van der Waals surface area contributed by atoms with Gasteiger partial charge in [0.1, 0.15) is 17.3 Å². The molecule has 24 heavy (non-hydrogen) atoms. The third-order valence-corrected chi connectivity index (χ3v) is 4.73. The van der Waals surface area contributed by atoms with E-state index in [9.17, 15) is 13.6 Å². The van der Waals surface area contributed by atoms with E-state index < -0.39 is 11.6 Å². The minimum atomic E-state index is -0.770. The quantitative estimate of drug-likeness (QED) is 0.851. The van der Waals surface area contributed by atoms with Gasteiger partial charge in [-0.25, -0.2) is 13.8 Å². The summed E-state index contributed by atoms with van der Waals surface area (Å²) < 4.78 is 31.6. The zero-order chi connectivity index (χ0) is 17.9. The molecule has 1 atom stereocenters. The topological polar surface area (TPSA) is 51.2 Å². The normalized spacial score (nSPS) is 12.3. The van der Waals surface area contributed by atoms with Gasteiger partial charge in [0.25, 0.3) is 5.91 Å². The molecule has 0 saturated heterocycles. The van der Waals surface area contributed by atoms with Crippen LogP contribution in [0.15, 0.2) is 18.2 Å². The van der Waals surface area contributed by atoms with Crippen molar-refractivity contribution in [2.45, 2.75) is 39.7 Å². The monoisotopic (exact) mass is 354 g/mol. The van der Waals surface area contributed by atoms with Crippen molar-refractivity contribution in [3.05, 3.63) is 45.4 Å². The minimum Gasteiger partial charge on any atom is -0.488 e. The highest BCUT2D eigenvalue weighted by atomic mass is 32.1. The Morgan fingerprint density at radius 1 is 1.33 bits per heavy atom. The van der Waals surface area contributed by atoms with E-state index in [1.54, 1.807) is 13.8 Å². The number of ether oxygens (including phenoxy) is 1. The molecule has 0 aliphatic carbocycles. The predicted molar refractivity (Wildman–Crippen MR) is 89.7 cm³/mol. The summed E-state index contributed by atoms with van der Waals surface area (Å²) in [5, 5.41) is 3.71. The van der Waals surface area contributed by atoms with E-state index in [2.05, 4.69) is 10.3 Å². The summed E-state index contributed by atoms with van der Waals surface area (Å²) >= 11 is 1.37. The molecule has 130 valence electrons. The lowest BCUT2D eigenvalue weighted by atomic mass is 10.2. The van der Waals surface area contributed by atoms with E-state index in [4.69, 9.17) is 4.74 Å². The maximum Gasteiger partial charge on any atom is 0.263 e. The summed E-state index contributed by atoms with van der Waals surface area (Å²) in [6, 6.07) is 2.76. The summed E-state index contributed by atoms with van der Waals surface area (Å²) in [5.74, 6) is -1.45. The number of nitrogens with zero attached hydrogens (tertiary/aromatic N) is 1. The van der Waals surface area contributed by atoms with Crippen molar-refractivity contribution in [1.29, 1.82) is 0 Å². The summed E-state index contributed by atoms with van der Waals surface area (Å²) in [6.07, 6.45) is 0. The fourth-order valence-electron chi connectivity index (χ4n) is 2.01. The number of aryl methyl sites for hydroxylation is 1. The lowest BCUT2D eigenvalue weighted by Crippen LogP contribution is -2.36. The van der Waals surface area contributed by atoms with Gasteiger partial charge in [0.2, 0.25) is 0 Å². The van der Waals surface area contributed by atoms with Crippen molar-refractivity contribution in [3.8, 4) is 5.75 Å². The fraction of sp³-hybridized carbons (Fsp3) is 0.412. The molecule has 0 radical (unpaired) electrons. The van der Waals surface area contributed by atoms with Gasteiger partial charge < -0.3 is 10.1 Å². The van der Waals surface area contributed by atoms with Gasteiger partial charge in [-0.15, -0.1) is 11.3 Å². The number of carbonyl (C=O) groups excluding carboxylic acids is 1. The smallest absolute Gasteiger partial charge is 0.263 e. The van der Waals surface area contributed by atoms with Crippen LogP contribution in [0.2, 0.25) is 0 Å². The third-order valence-electron chi connectivity index (χ3n) is 3.27. The first-order chi connectivity index (χ1) is 11.3. The molecule has 0 aliphatic heterocycles. The molecule has 0 bridgehead atoms. The number of hydrogen-bond donors (Lipinski definition) is 1. The van der Waals surface area contributed by atoms with Crippen LogP contribution in [-0.2, 0) is 0 Å². The van der Waals surface area contributed by atoms with Crippen LogP contribution in [0.3, 0.4) is 0 Å². The Bertz CT molecular complexity index is 731. The van der Waals surface area contributed by atoms with Crippen LogP contribution in [-0.4, -0.2) is 23.5 Å². The molecule has 1 amide bonds. The average Bonchev–Trinajstić information content (AvgIpc) is 2.88. The van der Waals surface area contributed by atoms with Crippen molar-refractivity contribution >= 4 is 17.2 Å². The SMILES string of the molecule is Cc1nc(C(C)C)sc1C(=O)NC(C)COc1ccc(F)cc1F. The average molecular weight is 354 g/mol. The standard InChI is InChI=1S/C17H20F2N2O2S/c1-9(2)17-21-11(4)15(24-17)16(22)20-10(3)8-23-14-6-5-12(18)7-13(14)19/h5-7,9-10H,8H2,1-4H3,(H,20,22). The first kappa shape index (κ1) is 18.3. The van der Waals surface area contributed by atoms with Gasteiger partial charge in [-0.3, -0.25) is 4.79 Å². The van der Waals surface area contributed by atoms with Crippen LogP contribution in [0.4, 0.5) is 8.78 Å². The molecule has 1 unspecified atom stereocenters. The van der Waals surface area contributed by atoms with E-state index in [-0.39, 0.29) is 30.2 Å². The molecule has 2 aromatic rings. The van der Waals surface area contributed by atoms with Crippen molar-refractivity contribution in [3.63, 3.8) is 0 Å². The van der Waals surface area contributed by atoms with E-state index in [1.165, 1.54) is 17.4 Å². The van der Waals surface area contributed by atoms with Gasteiger partial charge in [-0.2, -0.15) is 0 Å². The van der Waals surface area contributed by atoms with E-state index in [0.717, 1.165) is 17.1 Å². The third kappa shape index (κ3) is 4.50. The second kappa shape index (κ2) is 7.70. The molecule has 7 heteroatoms. The molecule has 0 fully saturated rings. The molecule has 1 aromatic carbocycles. The first-order valence-electron chi connectivity index (χ1n) is 7.64. The van der Waals surface area contributed by atoms with E-state index in [1.807, 2.05) is 13.8 Å². The number of thiazole rings is 1. The maximum atomic E-state index is 13.5. The van der Waals surface area contributed by atoms with Gasteiger partial charge in [0.15, 0.2) is 11.6 Å². The molecule has 0 spiro atoms. The van der Waals surface area contributed by atoms with Gasteiger partial charge in [-0.1, -0.05) is 13.8 Å². The molecule has 4 nitrogen and oxygen atoms in total. The van der Waals surface area contributed by atoms with Gasteiger partial charge in [0, 0.05) is 12.0 Å². The van der Waals surface area contributed by atoms with Crippen LogP contribution in [0.1, 0.15) is 47.1 Å². The molecule has 0 saturated carbocycles. The van der Waals surface area contributed by atoms with Crippen molar-refractivity contribution in [2.75, 3.05) is 6.61 Å². The molecule has 1 N–H and O–H groups in total. The van der Waals surface area contributed by atoms with Crippen molar-refractivity contribution in [1.82, 2.24) is 10.3 Å². The number of aromatic nitrogens is 1. The van der Waals surface area contributed by atoms with Crippen LogP contribution >= 0.6 is 11.3 Å². The van der Waals surface area contributed by atoms with Crippen LogP contribution in [0, 0.1) is 18.6 Å². The minimum absolute atomic E-state index is 0.0476. The van der Waals surface area contributed by atoms with Crippen LogP contribution in [0.5, 0.6) is 5.75 Å². The Morgan fingerprint density at radius 2 is 2.04 bits per heavy atom. The van der Waals surface area contributed by atoms with E-state index in [0.29, 0.717) is 10.6 Å².